The lowest BCUT2D eigenvalue weighted by atomic mass is 10.2. The van der Waals surface area contributed by atoms with Crippen molar-refractivity contribution in [3.8, 4) is 0 Å². The summed E-state index contributed by atoms with van der Waals surface area (Å²) in [5, 5.41) is 18.9. The number of hydrogen-bond donors (Lipinski definition) is 2. The number of halogens is 1. The zero-order valence-corrected chi connectivity index (χ0v) is 9.55. The van der Waals surface area contributed by atoms with Crippen LogP contribution in [0.5, 0.6) is 0 Å². The van der Waals surface area contributed by atoms with Gasteiger partial charge in [-0.1, -0.05) is 11.6 Å². The number of hydrogen-bond acceptors (Lipinski definition) is 4. The maximum Gasteiger partial charge on any atom is 0.0950 e. The molecular formula is C9H14ClNO2S. The minimum Gasteiger partial charge on any atom is -0.396 e. The molecule has 0 amide bonds. The third kappa shape index (κ3) is 2.85. The number of nitrogens with zero attached hydrogens (tertiary/aromatic N) is 1. The number of thiophene rings is 1. The van der Waals surface area contributed by atoms with Gasteiger partial charge in [-0.05, 0) is 18.6 Å². The third-order valence-corrected chi connectivity index (χ3v) is 3.45. The van der Waals surface area contributed by atoms with E-state index in [0.717, 1.165) is 9.34 Å². The summed E-state index contributed by atoms with van der Waals surface area (Å²) in [6.07, 6.45) is 0.558. The Bertz CT molecular complexity index is 280. The number of anilines is 1. The molecule has 1 rings (SSSR count). The van der Waals surface area contributed by atoms with Gasteiger partial charge in [0.05, 0.1) is 22.0 Å². The molecule has 1 heterocycles. The van der Waals surface area contributed by atoms with Crippen LogP contribution in [0.4, 0.5) is 5.00 Å². The fraction of sp³-hybridized carbons (Fsp3) is 0.556. The van der Waals surface area contributed by atoms with Crippen molar-refractivity contribution in [3.63, 3.8) is 0 Å². The van der Waals surface area contributed by atoms with E-state index in [1.165, 1.54) is 11.3 Å². The molecule has 80 valence electrons. The van der Waals surface area contributed by atoms with Crippen molar-refractivity contribution < 1.29 is 10.2 Å². The van der Waals surface area contributed by atoms with E-state index in [1.807, 2.05) is 24.1 Å². The molecule has 1 aromatic heterocycles. The average molecular weight is 236 g/mol. The van der Waals surface area contributed by atoms with Crippen LogP contribution in [0, 0.1) is 0 Å². The lowest BCUT2D eigenvalue weighted by Gasteiger charge is -2.26. The summed E-state index contributed by atoms with van der Waals surface area (Å²) in [5.74, 6) is 0. The van der Waals surface area contributed by atoms with Crippen LogP contribution in [0.25, 0.3) is 0 Å². The summed E-state index contributed by atoms with van der Waals surface area (Å²) in [5.41, 5.74) is 0. The van der Waals surface area contributed by atoms with Crippen LogP contribution >= 0.6 is 22.9 Å². The molecule has 1 atom stereocenters. The van der Waals surface area contributed by atoms with E-state index < -0.39 is 0 Å². The number of rotatable bonds is 5. The number of likely N-dealkylation sites (N-methyl/N-ethyl adjacent to an activating group) is 1. The van der Waals surface area contributed by atoms with E-state index in [2.05, 4.69) is 0 Å². The molecule has 0 radical (unpaired) electrons. The van der Waals surface area contributed by atoms with Crippen LogP contribution in [0.3, 0.4) is 0 Å². The second-order valence-corrected chi connectivity index (χ2v) is 4.73. The normalized spacial score (nSPS) is 12.9. The maximum absolute atomic E-state index is 9.11. The summed E-state index contributed by atoms with van der Waals surface area (Å²) in [6.45, 7) is 0.112. The lowest BCUT2D eigenvalue weighted by molar-refractivity contribution is 0.218. The summed E-state index contributed by atoms with van der Waals surface area (Å²) in [7, 11) is 1.89. The average Bonchev–Trinajstić information content (AvgIpc) is 2.60. The smallest absolute Gasteiger partial charge is 0.0950 e. The molecule has 0 aliphatic carbocycles. The van der Waals surface area contributed by atoms with Crippen molar-refractivity contribution in [3.05, 3.63) is 16.5 Å². The molecule has 3 nitrogen and oxygen atoms in total. The van der Waals surface area contributed by atoms with Gasteiger partial charge in [-0.25, -0.2) is 0 Å². The van der Waals surface area contributed by atoms with Crippen LogP contribution in [0.2, 0.25) is 4.34 Å². The monoisotopic (exact) mass is 235 g/mol. The summed E-state index contributed by atoms with van der Waals surface area (Å²) >= 11 is 7.27. The maximum atomic E-state index is 9.11. The van der Waals surface area contributed by atoms with Gasteiger partial charge in [0.15, 0.2) is 0 Å². The van der Waals surface area contributed by atoms with Crippen molar-refractivity contribution in [2.75, 3.05) is 25.2 Å². The first-order valence-corrected chi connectivity index (χ1v) is 5.58. The first-order chi connectivity index (χ1) is 6.69. The van der Waals surface area contributed by atoms with Crippen LogP contribution in [-0.4, -0.2) is 36.5 Å². The fourth-order valence-corrected chi connectivity index (χ4v) is 2.30. The Morgan fingerprint density at radius 1 is 1.50 bits per heavy atom. The van der Waals surface area contributed by atoms with Crippen LogP contribution < -0.4 is 4.90 Å². The van der Waals surface area contributed by atoms with Crippen molar-refractivity contribution in [1.82, 2.24) is 0 Å². The highest BCUT2D eigenvalue weighted by atomic mass is 35.5. The molecule has 2 N–H and O–H groups in total. The minimum absolute atomic E-state index is 0.0343. The van der Waals surface area contributed by atoms with Gasteiger partial charge in [0.25, 0.3) is 0 Å². The van der Waals surface area contributed by atoms with Gasteiger partial charge in [0, 0.05) is 13.7 Å². The van der Waals surface area contributed by atoms with Crippen LogP contribution in [-0.2, 0) is 0 Å². The highest BCUT2D eigenvalue weighted by molar-refractivity contribution is 7.19. The van der Waals surface area contributed by atoms with Gasteiger partial charge in [-0.2, -0.15) is 0 Å². The van der Waals surface area contributed by atoms with Crippen molar-refractivity contribution >= 4 is 27.9 Å². The molecule has 1 unspecified atom stereocenters. The first-order valence-electron chi connectivity index (χ1n) is 4.39. The third-order valence-electron chi connectivity index (χ3n) is 2.13. The largest absolute Gasteiger partial charge is 0.396 e. The van der Waals surface area contributed by atoms with Gasteiger partial charge in [0.2, 0.25) is 0 Å². The second-order valence-electron chi connectivity index (χ2n) is 3.04. The standard InChI is InChI=1S/C9H14ClNO2S/c1-11(7(6-13)4-5-12)9-3-2-8(10)14-9/h2-3,7,12-13H,4-6H2,1H3. The van der Waals surface area contributed by atoms with E-state index in [4.69, 9.17) is 21.8 Å². The molecule has 0 saturated heterocycles. The van der Waals surface area contributed by atoms with Gasteiger partial charge >= 0.3 is 0 Å². The van der Waals surface area contributed by atoms with Gasteiger partial charge in [-0.15, -0.1) is 11.3 Å². The molecule has 0 bridgehead atoms. The molecule has 0 saturated carbocycles. The second kappa shape index (κ2) is 5.56. The zero-order chi connectivity index (χ0) is 10.6. The Hall–Kier alpha value is -0.290. The Balaban J connectivity index is 2.66. The highest BCUT2D eigenvalue weighted by Gasteiger charge is 2.14. The van der Waals surface area contributed by atoms with E-state index in [0.29, 0.717) is 6.42 Å². The quantitative estimate of drug-likeness (QED) is 0.815. The summed E-state index contributed by atoms with van der Waals surface area (Å²) in [6, 6.07) is 3.69. The lowest BCUT2D eigenvalue weighted by Crippen LogP contribution is -2.34. The Morgan fingerprint density at radius 3 is 2.64 bits per heavy atom. The topological polar surface area (TPSA) is 43.7 Å². The Kier molecular flexibility index (Phi) is 4.68. The number of aliphatic hydroxyl groups is 2. The fourth-order valence-electron chi connectivity index (χ4n) is 1.23. The first kappa shape index (κ1) is 11.8. The van der Waals surface area contributed by atoms with Crippen molar-refractivity contribution in [2.45, 2.75) is 12.5 Å². The highest BCUT2D eigenvalue weighted by Crippen LogP contribution is 2.30. The molecule has 0 aliphatic heterocycles. The predicted molar refractivity (Wildman–Crippen MR) is 60.3 cm³/mol. The number of aliphatic hydroxyl groups excluding tert-OH is 2. The molecule has 5 heteroatoms. The Morgan fingerprint density at radius 2 is 2.21 bits per heavy atom. The van der Waals surface area contributed by atoms with E-state index in [-0.39, 0.29) is 19.3 Å². The van der Waals surface area contributed by atoms with Crippen LogP contribution in [0.15, 0.2) is 12.1 Å². The van der Waals surface area contributed by atoms with E-state index in [9.17, 15) is 0 Å². The summed E-state index contributed by atoms with van der Waals surface area (Å²) in [4.78, 5) is 1.94. The van der Waals surface area contributed by atoms with E-state index >= 15 is 0 Å². The van der Waals surface area contributed by atoms with Crippen LogP contribution in [0.1, 0.15) is 6.42 Å². The van der Waals surface area contributed by atoms with Gasteiger partial charge < -0.3 is 15.1 Å². The zero-order valence-electron chi connectivity index (χ0n) is 7.98. The summed E-state index contributed by atoms with van der Waals surface area (Å²) < 4.78 is 0.729. The minimum atomic E-state index is -0.0466. The SMILES string of the molecule is CN(c1ccc(Cl)s1)C(CO)CCO. The van der Waals surface area contributed by atoms with Gasteiger partial charge in [0.1, 0.15) is 0 Å². The van der Waals surface area contributed by atoms with E-state index in [1.54, 1.807) is 0 Å². The predicted octanol–water partition coefficient (Wildman–Crippen LogP) is 1.58. The molecular weight excluding hydrogens is 222 g/mol. The molecule has 0 aliphatic rings. The van der Waals surface area contributed by atoms with Crippen molar-refractivity contribution in [1.29, 1.82) is 0 Å². The molecule has 0 fully saturated rings. The van der Waals surface area contributed by atoms with Gasteiger partial charge in [-0.3, -0.25) is 0 Å². The molecule has 14 heavy (non-hydrogen) atoms. The molecule has 0 spiro atoms. The Labute approximate surface area is 92.5 Å². The molecule has 0 aromatic carbocycles. The molecule has 1 aromatic rings. The van der Waals surface area contributed by atoms with Crippen molar-refractivity contribution in [2.24, 2.45) is 0 Å².